The van der Waals surface area contributed by atoms with Gasteiger partial charge in [0.25, 0.3) is 0 Å². The van der Waals surface area contributed by atoms with Crippen molar-refractivity contribution in [3.8, 4) is 5.75 Å². The lowest BCUT2D eigenvalue weighted by Crippen LogP contribution is -2.27. The third-order valence-electron chi connectivity index (χ3n) is 6.48. The van der Waals surface area contributed by atoms with Crippen molar-refractivity contribution < 1.29 is 14.3 Å². The van der Waals surface area contributed by atoms with Gasteiger partial charge in [-0.25, -0.2) is 0 Å². The number of methoxy groups -OCH3 is 1. The molecule has 5 nitrogen and oxygen atoms in total. The van der Waals surface area contributed by atoms with Crippen LogP contribution in [0.5, 0.6) is 5.75 Å². The topological polar surface area (TPSA) is 81.4 Å². The number of amides is 1. The van der Waals surface area contributed by atoms with Crippen LogP contribution in [0, 0.1) is 25.7 Å². The van der Waals surface area contributed by atoms with Crippen molar-refractivity contribution in [2.45, 2.75) is 80.1 Å². The SMILES string of the molecule is CC.CCC1CCC(C(=O)Nc2ccc(C)c(OC)c2)CC1.CCc1c(C)cc(N)cc1C=O. The molecule has 0 heterocycles. The summed E-state index contributed by atoms with van der Waals surface area (Å²) < 4.78 is 5.29. The summed E-state index contributed by atoms with van der Waals surface area (Å²) in [6.07, 6.45) is 7.39. The van der Waals surface area contributed by atoms with Crippen LogP contribution >= 0.6 is 0 Å². The van der Waals surface area contributed by atoms with Crippen molar-refractivity contribution in [3.63, 3.8) is 0 Å². The van der Waals surface area contributed by atoms with Crippen molar-refractivity contribution in [2.75, 3.05) is 18.2 Å². The van der Waals surface area contributed by atoms with Gasteiger partial charge in [-0.2, -0.15) is 0 Å². The number of aryl methyl sites for hydroxylation is 2. The number of benzene rings is 2. The Morgan fingerprint density at radius 2 is 1.71 bits per heavy atom. The van der Waals surface area contributed by atoms with E-state index >= 15 is 0 Å². The molecule has 188 valence electrons. The summed E-state index contributed by atoms with van der Waals surface area (Å²) in [6, 6.07) is 9.42. The van der Waals surface area contributed by atoms with Crippen LogP contribution in [0.15, 0.2) is 30.3 Å². The summed E-state index contributed by atoms with van der Waals surface area (Å²) in [5.74, 6) is 1.96. The highest BCUT2D eigenvalue weighted by Gasteiger charge is 2.25. The molecule has 1 saturated carbocycles. The highest BCUT2D eigenvalue weighted by atomic mass is 16.5. The molecule has 2 aromatic carbocycles. The van der Waals surface area contributed by atoms with Crippen molar-refractivity contribution in [1.29, 1.82) is 0 Å². The molecular formula is C29H44N2O3. The number of aldehydes is 1. The van der Waals surface area contributed by atoms with E-state index in [0.29, 0.717) is 5.69 Å². The first-order valence-electron chi connectivity index (χ1n) is 12.6. The maximum Gasteiger partial charge on any atom is 0.227 e. The van der Waals surface area contributed by atoms with Gasteiger partial charge in [-0.1, -0.05) is 40.2 Å². The smallest absolute Gasteiger partial charge is 0.227 e. The summed E-state index contributed by atoms with van der Waals surface area (Å²) in [7, 11) is 1.65. The molecule has 5 heteroatoms. The molecule has 0 atom stereocenters. The number of hydrogen-bond donors (Lipinski definition) is 2. The number of rotatable bonds is 6. The van der Waals surface area contributed by atoms with Crippen LogP contribution < -0.4 is 15.8 Å². The minimum atomic E-state index is 0.158. The van der Waals surface area contributed by atoms with Gasteiger partial charge >= 0.3 is 0 Å². The molecule has 0 radical (unpaired) electrons. The van der Waals surface area contributed by atoms with Crippen molar-refractivity contribution in [3.05, 3.63) is 52.6 Å². The Balaban J connectivity index is 0.000000353. The predicted octanol–water partition coefficient (Wildman–Crippen LogP) is 7.14. The first-order valence-corrected chi connectivity index (χ1v) is 12.6. The average Bonchev–Trinajstić information content (AvgIpc) is 2.86. The quantitative estimate of drug-likeness (QED) is 0.349. The van der Waals surface area contributed by atoms with E-state index in [1.807, 2.05) is 58.9 Å². The molecule has 0 aliphatic heterocycles. The van der Waals surface area contributed by atoms with Crippen LogP contribution in [-0.2, 0) is 11.2 Å². The van der Waals surface area contributed by atoms with Crippen LogP contribution in [-0.4, -0.2) is 19.3 Å². The molecule has 2 aromatic rings. The molecule has 34 heavy (non-hydrogen) atoms. The molecule has 3 N–H and O–H groups in total. The lowest BCUT2D eigenvalue weighted by Gasteiger charge is -2.27. The molecule has 0 spiro atoms. The van der Waals surface area contributed by atoms with E-state index in [4.69, 9.17) is 10.5 Å². The number of anilines is 2. The van der Waals surface area contributed by atoms with Crippen LogP contribution in [0.2, 0.25) is 0 Å². The van der Waals surface area contributed by atoms with Crippen molar-refractivity contribution in [1.82, 2.24) is 0 Å². The zero-order valence-electron chi connectivity index (χ0n) is 22.2. The molecular weight excluding hydrogens is 424 g/mol. The van der Waals surface area contributed by atoms with Crippen molar-refractivity contribution in [2.24, 2.45) is 11.8 Å². The van der Waals surface area contributed by atoms with Crippen LogP contribution in [0.1, 0.15) is 86.8 Å². The average molecular weight is 469 g/mol. The van der Waals surface area contributed by atoms with E-state index in [1.165, 1.54) is 19.3 Å². The number of nitrogen functional groups attached to an aromatic ring is 1. The normalized spacial score (nSPS) is 16.8. The summed E-state index contributed by atoms with van der Waals surface area (Å²) in [5.41, 5.74) is 11.1. The Morgan fingerprint density at radius 3 is 2.24 bits per heavy atom. The van der Waals surface area contributed by atoms with Gasteiger partial charge in [0.1, 0.15) is 12.0 Å². The Labute approximate surface area is 206 Å². The summed E-state index contributed by atoms with van der Waals surface area (Å²) in [6.45, 7) is 12.2. The molecule has 1 aliphatic rings. The second-order valence-corrected chi connectivity index (χ2v) is 8.68. The van der Waals surface area contributed by atoms with Gasteiger partial charge in [-0.05, 0) is 86.8 Å². The fourth-order valence-corrected chi connectivity index (χ4v) is 4.44. The highest BCUT2D eigenvalue weighted by molar-refractivity contribution is 5.92. The standard InChI is InChI=1S/C17H25NO2.C10H13NO.C2H6/c1-4-13-6-8-14(9-7-13)17(19)18-15-10-5-12(2)16(11-15)20-3;1-3-10-7(2)4-9(11)5-8(10)6-12;1-2/h5,10-11,13-14H,4,6-9H2,1-3H3,(H,18,19);4-6H,3,11H2,1-2H3;1-2H3. The number of carbonyl (C=O) groups excluding carboxylic acids is 2. The highest BCUT2D eigenvalue weighted by Crippen LogP contribution is 2.31. The van der Waals surface area contributed by atoms with Crippen LogP contribution in [0.25, 0.3) is 0 Å². The molecule has 0 saturated heterocycles. The van der Waals surface area contributed by atoms with Crippen molar-refractivity contribution >= 4 is 23.6 Å². The van der Waals surface area contributed by atoms with Gasteiger partial charge in [0.05, 0.1) is 7.11 Å². The molecule has 1 amide bonds. The van der Waals surface area contributed by atoms with Crippen LogP contribution in [0.4, 0.5) is 11.4 Å². The third kappa shape index (κ3) is 8.51. The zero-order chi connectivity index (χ0) is 25.7. The molecule has 1 aliphatic carbocycles. The van der Waals surface area contributed by atoms with Gasteiger partial charge in [0.2, 0.25) is 5.91 Å². The Bertz CT molecular complexity index is 916. The molecule has 0 bridgehead atoms. The molecule has 3 rings (SSSR count). The van der Waals surface area contributed by atoms with Gasteiger partial charge < -0.3 is 15.8 Å². The summed E-state index contributed by atoms with van der Waals surface area (Å²) in [5, 5.41) is 3.03. The van der Waals surface area contributed by atoms with Gasteiger partial charge in [-0.15, -0.1) is 0 Å². The van der Waals surface area contributed by atoms with E-state index in [0.717, 1.165) is 65.2 Å². The largest absolute Gasteiger partial charge is 0.496 e. The third-order valence-corrected chi connectivity index (χ3v) is 6.48. The van der Waals surface area contributed by atoms with E-state index < -0.39 is 0 Å². The maximum absolute atomic E-state index is 12.3. The number of nitrogens with two attached hydrogens (primary N) is 1. The lowest BCUT2D eigenvalue weighted by atomic mass is 9.80. The maximum atomic E-state index is 12.3. The van der Waals surface area contributed by atoms with Gasteiger partial charge in [0.15, 0.2) is 0 Å². The Hall–Kier alpha value is -2.82. The second kappa shape index (κ2) is 15.2. The second-order valence-electron chi connectivity index (χ2n) is 8.68. The minimum Gasteiger partial charge on any atom is -0.496 e. The molecule has 0 aromatic heterocycles. The molecule has 0 unspecified atom stereocenters. The lowest BCUT2D eigenvalue weighted by molar-refractivity contribution is -0.121. The van der Waals surface area contributed by atoms with E-state index in [-0.39, 0.29) is 11.8 Å². The van der Waals surface area contributed by atoms with E-state index in [1.54, 1.807) is 13.2 Å². The van der Waals surface area contributed by atoms with Gasteiger partial charge in [0, 0.05) is 28.9 Å². The van der Waals surface area contributed by atoms with Gasteiger partial charge in [-0.3, -0.25) is 9.59 Å². The first-order chi connectivity index (χ1) is 16.3. The zero-order valence-corrected chi connectivity index (χ0v) is 22.2. The minimum absolute atomic E-state index is 0.158. The van der Waals surface area contributed by atoms with E-state index in [2.05, 4.69) is 12.2 Å². The van der Waals surface area contributed by atoms with E-state index in [9.17, 15) is 9.59 Å². The molecule has 1 fully saturated rings. The first kappa shape index (κ1) is 29.2. The van der Waals surface area contributed by atoms with Crippen LogP contribution in [0.3, 0.4) is 0 Å². The Morgan fingerprint density at radius 1 is 1.06 bits per heavy atom. The number of hydrogen-bond acceptors (Lipinski definition) is 4. The number of nitrogens with one attached hydrogen (secondary N) is 1. The number of carbonyl (C=O) groups is 2. The number of ether oxygens (including phenoxy) is 1. The summed E-state index contributed by atoms with van der Waals surface area (Å²) in [4.78, 5) is 22.9. The Kier molecular flexibility index (Phi) is 13.0. The summed E-state index contributed by atoms with van der Waals surface area (Å²) >= 11 is 0. The predicted molar refractivity (Wildman–Crippen MR) is 144 cm³/mol. The fraction of sp³-hybridized carbons (Fsp3) is 0.517. The fourth-order valence-electron chi connectivity index (χ4n) is 4.44. The monoisotopic (exact) mass is 468 g/mol.